The zero-order valence-electron chi connectivity index (χ0n) is 16.9. The molecule has 0 amide bonds. The lowest BCUT2D eigenvalue weighted by Gasteiger charge is -2.15. The smallest absolute Gasteiger partial charge is 0.195 e. The number of ether oxygens (including phenoxy) is 2. The van der Waals surface area contributed by atoms with Crippen molar-refractivity contribution >= 4 is 35.6 Å². The standard InChI is InChI=1S/C22H25N5O2.HI/c1-23-22(26-19-8-9-20-21(14-19)29-13-5-12-28-20)24-15-17-6-2-3-7-18(17)16-27-11-4-10-25-27;/h2-4,6-11,14H,5,12-13,15-16H2,1H3,(H2,23,24,26);1H. The van der Waals surface area contributed by atoms with Crippen LogP contribution in [0.5, 0.6) is 11.5 Å². The maximum absolute atomic E-state index is 5.77. The van der Waals surface area contributed by atoms with Gasteiger partial charge in [0.15, 0.2) is 17.5 Å². The third-order valence-electron chi connectivity index (χ3n) is 4.69. The molecule has 158 valence electrons. The summed E-state index contributed by atoms with van der Waals surface area (Å²) in [5, 5.41) is 11.0. The van der Waals surface area contributed by atoms with E-state index in [2.05, 4.69) is 32.9 Å². The molecule has 0 bridgehead atoms. The van der Waals surface area contributed by atoms with E-state index in [1.54, 1.807) is 13.2 Å². The summed E-state index contributed by atoms with van der Waals surface area (Å²) in [4.78, 5) is 4.34. The topological polar surface area (TPSA) is 72.7 Å². The Labute approximate surface area is 193 Å². The molecule has 0 atom stereocenters. The van der Waals surface area contributed by atoms with Gasteiger partial charge in [0.1, 0.15) is 0 Å². The van der Waals surface area contributed by atoms with Crippen LogP contribution in [0.1, 0.15) is 17.5 Å². The van der Waals surface area contributed by atoms with Gasteiger partial charge < -0.3 is 20.1 Å². The number of halogens is 1. The average Bonchev–Trinajstić information content (AvgIpc) is 3.15. The molecule has 4 rings (SSSR count). The summed E-state index contributed by atoms with van der Waals surface area (Å²) in [6, 6.07) is 16.1. The highest BCUT2D eigenvalue weighted by atomic mass is 127. The fourth-order valence-electron chi connectivity index (χ4n) is 3.19. The summed E-state index contributed by atoms with van der Waals surface area (Å²) in [6.45, 7) is 2.73. The first-order valence-electron chi connectivity index (χ1n) is 9.73. The van der Waals surface area contributed by atoms with Gasteiger partial charge in [-0.2, -0.15) is 5.10 Å². The number of nitrogens with zero attached hydrogens (tertiary/aromatic N) is 3. The van der Waals surface area contributed by atoms with Gasteiger partial charge in [-0.3, -0.25) is 9.67 Å². The van der Waals surface area contributed by atoms with Crippen LogP contribution in [0.4, 0.5) is 5.69 Å². The van der Waals surface area contributed by atoms with Crippen LogP contribution in [0.25, 0.3) is 0 Å². The summed E-state index contributed by atoms with van der Waals surface area (Å²) in [5.74, 6) is 2.23. The quantitative estimate of drug-likeness (QED) is 0.304. The fraction of sp³-hybridized carbons (Fsp3) is 0.273. The van der Waals surface area contributed by atoms with Gasteiger partial charge in [0, 0.05) is 44.2 Å². The van der Waals surface area contributed by atoms with Crippen molar-refractivity contribution in [3.05, 3.63) is 72.1 Å². The predicted molar refractivity (Wildman–Crippen MR) is 129 cm³/mol. The van der Waals surface area contributed by atoms with Crippen LogP contribution in [0.3, 0.4) is 0 Å². The van der Waals surface area contributed by atoms with Crippen LogP contribution < -0.4 is 20.1 Å². The minimum atomic E-state index is 0. The second-order valence-corrected chi connectivity index (χ2v) is 6.74. The number of rotatable bonds is 5. The van der Waals surface area contributed by atoms with Gasteiger partial charge in [-0.1, -0.05) is 24.3 Å². The van der Waals surface area contributed by atoms with E-state index in [4.69, 9.17) is 9.47 Å². The van der Waals surface area contributed by atoms with Crippen molar-refractivity contribution in [1.82, 2.24) is 15.1 Å². The number of fused-ring (bicyclic) bond motifs is 1. The molecule has 0 spiro atoms. The van der Waals surface area contributed by atoms with Crippen molar-refractivity contribution in [2.45, 2.75) is 19.5 Å². The van der Waals surface area contributed by atoms with Gasteiger partial charge in [-0.15, -0.1) is 24.0 Å². The fourth-order valence-corrected chi connectivity index (χ4v) is 3.19. The average molecular weight is 519 g/mol. The summed E-state index contributed by atoms with van der Waals surface area (Å²) in [6.07, 6.45) is 4.65. The van der Waals surface area contributed by atoms with E-state index >= 15 is 0 Å². The zero-order chi connectivity index (χ0) is 19.9. The summed E-state index contributed by atoms with van der Waals surface area (Å²) in [7, 11) is 1.76. The Bertz CT molecular complexity index is 975. The number of hydrogen-bond acceptors (Lipinski definition) is 4. The lowest BCUT2D eigenvalue weighted by atomic mass is 10.1. The minimum absolute atomic E-state index is 0. The first kappa shape index (κ1) is 21.9. The highest BCUT2D eigenvalue weighted by Crippen LogP contribution is 2.32. The predicted octanol–water partition coefficient (Wildman–Crippen LogP) is 3.90. The van der Waals surface area contributed by atoms with Crippen molar-refractivity contribution in [2.75, 3.05) is 25.6 Å². The van der Waals surface area contributed by atoms with Gasteiger partial charge >= 0.3 is 0 Å². The van der Waals surface area contributed by atoms with Crippen LogP contribution in [-0.2, 0) is 13.1 Å². The van der Waals surface area contributed by atoms with Crippen molar-refractivity contribution in [2.24, 2.45) is 4.99 Å². The van der Waals surface area contributed by atoms with E-state index in [9.17, 15) is 0 Å². The molecule has 3 aromatic rings. The molecule has 1 aliphatic heterocycles. The lowest BCUT2D eigenvalue weighted by Crippen LogP contribution is -2.30. The molecule has 0 saturated heterocycles. The van der Waals surface area contributed by atoms with Crippen molar-refractivity contribution in [3.63, 3.8) is 0 Å². The highest BCUT2D eigenvalue weighted by molar-refractivity contribution is 14.0. The molecule has 1 aliphatic rings. The summed E-state index contributed by atoms with van der Waals surface area (Å²) >= 11 is 0. The van der Waals surface area contributed by atoms with Crippen LogP contribution in [-0.4, -0.2) is 36.0 Å². The number of aromatic nitrogens is 2. The molecule has 2 heterocycles. The number of anilines is 1. The van der Waals surface area contributed by atoms with Crippen LogP contribution >= 0.6 is 24.0 Å². The monoisotopic (exact) mass is 519 g/mol. The van der Waals surface area contributed by atoms with E-state index in [0.29, 0.717) is 25.7 Å². The van der Waals surface area contributed by atoms with Crippen molar-refractivity contribution < 1.29 is 9.47 Å². The molecule has 0 saturated carbocycles. The Balaban J connectivity index is 0.00000256. The summed E-state index contributed by atoms with van der Waals surface area (Å²) < 4.78 is 13.4. The van der Waals surface area contributed by atoms with Gasteiger partial charge in [-0.25, -0.2) is 0 Å². The van der Waals surface area contributed by atoms with Crippen molar-refractivity contribution in [3.8, 4) is 11.5 Å². The maximum Gasteiger partial charge on any atom is 0.195 e. The third kappa shape index (κ3) is 5.65. The molecule has 0 aliphatic carbocycles. The second kappa shape index (κ2) is 10.9. The van der Waals surface area contributed by atoms with E-state index in [0.717, 1.165) is 30.2 Å². The molecular weight excluding hydrogens is 493 g/mol. The number of aliphatic imine (C=N–C) groups is 1. The molecule has 0 fully saturated rings. The molecule has 0 radical (unpaired) electrons. The van der Waals surface area contributed by atoms with E-state index in [1.165, 1.54) is 11.1 Å². The van der Waals surface area contributed by atoms with Gasteiger partial charge in [0.2, 0.25) is 0 Å². The molecule has 0 unspecified atom stereocenters. The number of guanidine groups is 1. The second-order valence-electron chi connectivity index (χ2n) is 6.74. The minimum Gasteiger partial charge on any atom is -0.490 e. The Hall–Kier alpha value is -2.75. The Kier molecular flexibility index (Phi) is 7.95. The van der Waals surface area contributed by atoms with Crippen LogP contribution in [0.2, 0.25) is 0 Å². The van der Waals surface area contributed by atoms with Crippen molar-refractivity contribution in [1.29, 1.82) is 0 Å². The first-order chi connectivity index (χ1) is 14.3. The zero-order valence-corrected chi connectivity index (χ0v) is 19.2. The van der Waals surface area contributed by atoms with E-state index < -0.39 is 0 Å². The molecule has 8 heteroatoms. The number of hydrogen-bond donors (Lipinski definition) is 2. The molecule has 30 heavy (non-hydrogen) atoms. The molecule has 1 aromatic heterocycles. The molecule has 2 aromatic carbocycles. The number of nitrogens with one attached hydrogen (secondary N) is 2. The Morgan fingerprint density at radius 3 is 2.63 bits per heavy atom. The lowest BCUT2D eigenvalue weighted by molar-refractivity contribution is 0.297. The molecular formula is C22H26IN5O2. The van der Waals surface area contributed by atoms with Crippen LogP contribution in [0, 0.1) is 0 Å². The van der Waals surface area contributed by atoms with E-state index in [1.807, 2.05) is 47.3 Å². The molecule has 2 N–H and O–H groups in total. The van der Waals surface area contributed by atoms with Gasteiger partial charge in [-0.05, 0) is 29.3 Å². The number of benzene rings is 2. The maximum atomic E-state index is 5.77. The Morgan fingerprint density at radius 1 is 1.07 bits per heavy atom. The van der Waals surface area contributed by atoms with Gasteiger partial charge in [0.05, 0.1) is 19.8 Å². The normalized spacial score (nSPS) is 13.2. The Morgan fingerprint density at radius 2 is 1.87 bits per heavy atom. The SMILES string of the molecule is CN=C(NCc1ccccc1Cn1cccn1)Nc1ccc2c(c1)OCCCO2.I. The van der Waals surface area contributed by atoms with Crippen LogP contribution in [0.15, 0.2) is 65.9 Å². The highest BCUT2D eigenvalue weighted by Gasteiger charge is 2.11. The van der Waals surface area contributed by atoms with E-state index in [-0.39, 0.29) is 24.0 Å². The van der Waals surface area contributed by atoms with Gasteiger partial charge in [0.25, 0.3) is 0 Å². The first-order valence-corrected chi connectivity index (χ1v) is 9.73. The molecule has 7 nitrogen and oxygen atoms in total. The third-order valence-corrected chi connectivity index (χ3v) is 4.69. The largest absolute Gasteiger partial charge is 0.490 e. The summed E-state index contributed by atoms with van der Waals surface area (Å²) in [5.41, 5.74) is 3.31.